The third-order valence-corrected chi connectivity index (χ3v) is 3.15. The van der Waals surface area contributed by atoms with Crippen LogP contribution in [0.3, 0.4) is 0 Å². The van der Waals surface area contributed by atoms with Crippen LogP contribution in [0, 0.1) is 15.9 Å². The lowest BCUT2D eigenvalue weighted by molar-refractivity contribution is -0.384. The third-order valence-electron chi connectivity index (χ3n) is 2.60. The summed E-state index contributed by atoms with van der Waals surface area (Å²) in [6, 6.07) is 9.02. The molecule has 0 atom stereocenters. The second-order valence-electron chi connectivity index (χ2n) is 4.03. The summed E-state index contributed by atoms with van der Waals surface area (Å²) in [5.74, 6) is -0.672. The van der Waals surface area contributed by atoms with Crippen LogP contribution in [0.4, 0.5) is 15.8 Å². The van der Waals surface area contributed by atoms with Gasteiger partial charge in [0, 0.05) is 24.4 Å². The molecular weight excluding hydrogens is 306 g/mol. The van der Waals surface area contributed by atoms with E-state index in [-0.39, 0.29) is 15.7 Å². The van der Waals surface area contributed by atoms with Crippen LogP contribution in [-0.4, -0.2) is 4.92 Å². The van der Waals surface area contributed by atoms with Gasteiger partial charge >= 0.3 is 0 Å². The SMILES string of the molecule is O=[N+]([O-])c1cccc(CNc2cc(Cl)c(F)c(Cl)c2)c1. The lowest BCUT2D eigenvalue weighted by Crippen LogP contribution is -2.00. The first kappa shape index (κ1) is 14.6. The maximum Gasteiger partial charge on any atom is 0.269 e. The van der Waals surface area contributed by atoms with E-state index in [9.17, 15) is 14.5 Å². The molecule has 2 aromatic rings. The summed E-state index contributed by atoms with van der Waals surface area (Å²) in [5.41, 5.74) is 1.27. The van der Waals surface area contributed by atoms with E-state index < -0.39 is 10.7 Å². The molecule has 104 valence electrons. The highest BCUT2D eigenvalue weighted by Crippen LogP contribution is 2.27. The Hall–Kier alpha value is -1.85. The number of hydrogen-bond donors (Lipinski definition) is 1. The molecule has 0 aliphatic carbocycles. The number of non-ortho nitro benzene ring substituents is 1. The minimum absolute atomic E-state index is 0.0134. The van der Waals surface area contributed by atoms with Gasteiger partial charge in [0.1, 0.15) is 0 Å². The highest BCUT2D eigenvalue weighted by Gasteiger charge is 2.08. The average molecular weight is 315 g/mol. The predicted octanol–water partition coefficient (Wildman–Crippen LogP) is 4.65. The van der Waals surface area contributed by atoms with Gasteiger partial charge in [-0.05, 0) is 17.7 Å². The average Bonchev–Trinajstić information content (AvgIpc) is 2.42. The van der Waals surface area contributed by atoms with Crippen molar-refractivity contribution in [1.29, 1.82) is 0 Å². The van der Waals surface area contributed by atoms with E-state index in [0.717, 1.165) is 5.56 Å². The highest BCUT2D eigenvalue weighted by molar-refractivity contribution is 6.35. The molecule has 0 fully saturated rings. The Labute approximate surface area is 124 Å². The lowest BCUT2D eigenvalue weighted by atomic mass is 10.2. The second kappa shape index (κ2) is 6.07. The zero-order valence-electron chi connectivity index (χ0n) is 10.1. The quantitative estimate of drug-likeness (QED) is 0.507. The van der Waals surface area contributed by atoms with Crippen molar-refractivity contribution in [1.82, 2.24) is 0 Å². The third kappa shape index (κ3) is 3.37. The molecule has 1 N–H and O–H groups in total. The van der Waals surface area contributed by atoms with Crippen molar-refractivity contribution in [3.05, 3.63) is 67.9 Å². The minimum Gasteiger partial charge on any atom is -0.381 e. The standard InChI is InChI=1S/C13H9Cl2FN2O2/c14-11-5-9(6-12(15)13(11)16)17-7-8-2-1-3-10(4-8)18(19)20/h1-6,17H,7H2. The smallest absolute Gasteiger partial charge is 0.269 e. The van der Waals surface area contributed by atoms with Crippen molar-refractivity contribution in [3.63, 3.8) is 0 Å². The zero-order chi connectivity index (χ0) is 14.7. The van der Waals surface area contributed by atoms with Crippen LogP contribution in [-0.2, 0) is 6.54 Å². The van der Waals surface area contributed by atoms with Crippen LogP contribution < -0.4 is 5.32 Å². The van der Waals surface area contributed by atoms with E-state index in [0.29, 0.717) is 12.2 Å². The molecule has 0 heterocycles. The van der Waals surface area contributed by atoms with Crippen molar-refractivity contribution >= 4 is 34.6 Å². The molecule has 20 heavy (non-hydrogen) atoms. The molecule has 0 saturated carbocycles. The fourth-order valence-electron chi connectivity index (χ4n) is 1.64. The zero-order valence-corrected chi connectivity index (χ0v) is 11.6. The van der Waals surface area contributed by atoms with Crippen molar-refractivity contribution < 1.29 is 9.31 Å². The van der Waals surface area contributed by atoms with E-state index in [2.05, 4.69) is 5.32 Å². The van der Waals surface area contributed by atoms with Gasteiger partial charge in [0.2, 0.25) is 0 Å². The number of nitrogens with one attached hydrogen (secondary N) is 1. The van der Waals surface area contributed by atoms with Crippen molar-refractivity contribution in [2.24, 2.45) is 0 Å². The molecule has 4 nitrogen and oxygen atoms in total. The maximum absolute atomic E-state index is 13.2. The number of anilines is 1. The molecule has 0 bridgehead atoms. The van der Waals surface area contributed by atoms with Crippen LogP contribution in [0.5, 0.6) is 0 Å². The van der Waals surface area contributed by atoms with Crippen LogP contribution in [0.2, 0.25) is 10.0 Å². The van der Waals surface area contributed by atoms with Crippen LogP contribution in [0.25, 0.3) is 0 Å². The Bertz CT molecular complexity index is 642. The van der Waals surface area contributed by atoms with Crippen LogP contribution in [0.15, 0.2) is 36.4 Å². The highest BCUT2D eigenvalue weighted by atomic mass is 35.5. The Kier molecular flexibility index (Phi) is 4.42. The van der Waals surface area contributed by atoms with Gasteiger partial charge < -0.3 is 5.32 Å². The maximum atomic E-state index is 13.2. The Morgan fingerprint density at radius 1 is 1.20 bits per heavy atom. The van der Waals surface area contributed by atoms with Gasteiger partial charge in [-0.15, -0.1) is 0 Å². The van der Waals surface area contributed by atoms with E-state index >= 15 is 0 Å². The van der Waals surface area contributed by atoms with Gasteiger partial charge in [0.15, 0.2) is 5.82 Å². The molecule has 0 aromatic heterocycles. The first-order valence-electron chi connectivity index (χ1n) is 5.59. The summed E-state index contributed by atoms with van der Waals surface area (Å²) in [4.78, 5) is 10.2. The molecule has 2 rings (SSSR count). The summed E-state index contributed by atoms with van der Waals surface area (Å²) in [6.07, 6.45) is 0. The molecule has 0 aliphatic rings. The molecule has 0 amide bonds. The van der Waals surface area contributed by atoms with Crippen molar-refractivity contribution in [2.75, 3.05) is 5.32 Å². The fraction of sp³-hybridized carbons (Fsp3) is 0.0769. The predicted molar refractivity (Wildman–Crippen MR) is 76.8 cm³/mol. The summed E-state index contributed by atoms with van der Waals surface area (Å²) < 4.78 is 13.2. The largest absolute Gasteiger partial charge is 0.381 e. The Balaban J connectivity index is 2.13. The number of nitro groups is 1. The fourth-order valence-corrected chi connectivity index (χ4v) is 2.13. The molecule has 2 aromatic carbocycles. The molecule has 0 saturated heterocycles. The van der Waals surface area contributed by atoms with Gasteiger partial charge in [-0.1, -0.05) is 35.3 Å². The number of nitro benzene ring substituents is 1. The van der Waals surface area contributed by atoms with Gasteiger partial charge in [0.05, 0.1) is 15.0 Å². The normalized spacial score (nSPS) is 10.3. The number of hydrogen-bond acceptors (Lipinski definition) is 3. The number of benzene rings is 2. The second-order valence-corrected chi connectivity index (χ2v) is 4.85. The lowest BCUT2D eigenvalue weighted by Gasteiger charge is -2.08. The van der Waals surface area contributed by atoms with E-state index in [1.165, 1.54) is 24.3 Å². The first-order valence-corrected chi connectivity index (χ1v) is 6.34. The number of rotatable bonds is 4. The number of halogens is 3. The van der Waals surface area contributed by atoms with E-state index in [1.807, 2.05) is 0 Å². The first-order chi connectivity index (χ1) is 9.47. The molecule has 0 unspecified atom stereocenters. The van der Waals surface area contributed by atoms with E-state index in [4.69, 9.17) is 23.2 Å². The van der Waals surface area contributed by atoms with Gasteiger partial charge in [-0.2, -0.15) is 0 Å². The van der Waals surface area contributed by atoms with Crippen molar-refractivity contribution in [3.8, 4) is 0 Å². The Morgan fingerprint density at radius 3 is 2.45 bits per heavy atom. The van der Waals surface area contributed by atoms with Crippen LogP contribution >= 0.6 is 23.2 Å². The monoisotopic (exact) mass is 314 g/mol. The van der Waals surface area contributed by atoms with Crippen LogP contribution in [0.1, 0.15) is 5.56 Å². The van der Waals surface area contributed by atoms with E-state index in [1.54, 1.807) is 12.1 Å². The molecule has 0 radical (unpaired) electrons. The minimum atomic E-state index is -0.672. The summed E-state index contributed by atoms with van der Waals surface area (Å²) in [6.45, 7) is 0.333. The summed E-state index contributed by atoms with van der Waals surface area (Å²) in [7, 11) is 0. The van der Waals surface area contributed by atoms with Gasteiger partial charge in [0.25, 0.3) is 5.69 Å². The topological polar surface area (TPSA) is 55.2 Å². The Morgan fingerprint density at radius 2 is 1.85 bits per heavy atom. The summed E-state index contributed by atoms with van der Waals surface area (Å²) in [5, 5.41) is 13.5. The molecule has 0 spiro atoms. The molecule has 7 heteroatoms. The molecule has 0 aliphatic heterocycles. The van der Waals surface area contributed by atoms with Crippen molar-refractivity contribution in [2.45, 2.75) is 6.54 Å². The summed E-state index contributed by atoms with van der Waals surface area (Å²) >= 11 is 11.4. The molecular formula is C13H9Cl2FN2O2. The number of nitrogens with zero attached hydrogens (tertiary/aromatic N) is 1. The van der Waals surface area contributed by atoms with Gasteiger partial charge in [-0.3, -0.25) is 10.1 Å². The van der Waals surface area contributed by atoms with Gasteiger partial charge in [-0.25, -0.2) is 4.39 Å².